The van der Waals surface area contributed by atoms with Crippen LogP contribution in [-0.2, 0) is 0 Å². The molecule has 76 valence electrons. The summed E-state index contributed by atoms with van der Waals surface area (Å²) in [7, 11) is 0. The number of hydrogen-bond donors (Lipinski definition) is 2. The Morgan fingerprint density at radius 1 is 1.23 bits per heavy atom. The lowest BCUT2D eigenvalue weighted by Crippen LogP contribution is -2.34. The summed E-state index contributed by atoms with van der Waals surface area (Å²) in [5, 5.41) is 12.4. The first-order valence-corrected chi connectivity index (χ1v) is 5.48. The molecular weight excluding hydrogens is 164 g/mol. The summed E-state index contributed by atoms with van der Waals surface area (Å²) in [6, 6.07) is 1.56. The number of nitrogens with zero attached hydrogens (tertiary/aromatic N) is 1. The highest BCUT2D eigenvalue weighted by molar-refractivity contribution is 4.89. The summed E-state index contributed by atoms with van der Waals surface area (Å²) in [5.74, 6) is 0. The van der Waals surface area contributed by atoms with Gasteiger partial charge >= 0.3 is 0 Å². The van der Waals surface area contributed by atoms with Gasteiger partial charge in [-0.25, -0.2) is 0 Å². The summed E-state index contributed by atoms with van der Waals surface area (Å²) in [6.07, 6.45) is 4.98. The molecule has 0 aromatic rings. The van der Waals surface area contributed by atoms with Gasteiger partial charge in [0.05, 0.1) is 0 Å². The molecule has 1 unspecified atom stereocenters. The quantitative estimate of drug-likeness (QED) is 0.640. The van der Waals surface area contributed by atoms with Crippen LogP contribution in [0.2, 0.25) is 0 Å². The van der Waals surface area contributed by atoms with Crippen LogP contribution in [0.1, 0.15) is 25.7 Å². The highest BCUT2D eigenvalue weighted by Gasteiger charge is 2.28. The minimum absolute atomic E-state index is 0.331. The van der Waals surface area contributed by atoms with Gasteiger partial charge in [0.25, 0.3) is 0 Å². The van der Waals surface area contributed by atoms with Crippen molar-refractivity contribution in [3.05, 3.63) is 0 Å². The fourth-order valence-electron chi connectivity index (χ4n) is 2.05. The molecule has 1 aliphatic heterocycles. The molecule has 1 saturated heterocycles. The summed E-state index contributed by atoms with van der Waals surface area (Å²) >= 11 is 0. The maximum Gasteiger partial charge on any atom is 0.0443 e. The molecule has 0 spiro atoms. The van der Waals surface area contributed by atoms with Gasteiger partial charge < -0.3 is 15.3 Å². The fraction of sp³-hybridized carbons (Fsp3) is 1.00. The van der Waals surface area contributed by atoms with Gasteiger partial charge in [-0.2, -0.15) is 0 Å². The van der Waals surface area contributed by atoms with Crippen molar-refractivity contribution in [3.8, 4) is 0 Å². The Hall–Kier alpha value is -0.120. The number of hydrogen-bond acceptors (Lipinski definition) is 3. The normalized spacial score (nSPS) is 29.8. The van der Waals surface area contributed by atoms with E-state index in [0.29, 0.717) is 6.61 Å². The Bertz CT molecular complexity index is 159. The summed E-state index contributed by atoms with van der Waals surface area (Å²) in [4.78, 5) is 2.45. The lowest BCUT2D eigenvalue weighted by Gasteiger charge is -2.15. The van der Waals surface area contributed by atoms with E-state index in [1.54, 1.807) is 0 Å². The topological polar surface area (TPSA) is 35.5 Å². The van der Waals surface area contributed by atoms with Gasteiger partial charge in [-0.15, -0.1) is 0 Å². The maximum absolute atomic E-state index is 8.71. The molecule has 0 bridgehead atoms. The van der Waals surface area contributed by atoms with E-state index in [2.05, 4.69) is 10.2 Å². The number of rotatable bonds is 5. The molecular formula is C10H20N2O. The third kappa shape index (κ3) is 2.93. The zero-order chi connectivity index (χ0) is 9.10. The van der Waals surface area contributed by atoms with Crippen LogP contribution < -0.4 is 5.32 Å². The van der Waals surface area contributed by atoms with Crippen molar-refractivity contribution >= 4 is 0 Å². The minimum atomic E-state index is 0.331. The summed E-state index contributed by atoms with van der Waals surface area (Å²) in [5.41, 5.74) is 0. The van der Waals surface area contributed by atoms with Gasteiger partial charge in [0.1, 0.15) is 0 Å². The molecule has 3 heteroatoms. The Kier molecular flexibility index (Phi) is 3.19. The third-order valence-corrected chi connectivity index (χ3v) is 2.95. The first-order chi connectivity index (χ1) is 6.38. The lowest BCUT2D eigenvalue weighted by atomic mass is 10.2. The number of nitrogens with one attached hydrogen (secondary N) is 1. The van der Waals surface area contributed by atoms with Crippen molar-refractivity contribution in [3.63, 3.8) is 0 Å². The molecule has 2 N–H and O–H groups in total. The molecule has 0 radical (unpaired) electrons. The standard InChI is InChI=1S/C10H20N2O/c13-7-1-5-12-6-4-10(8-12)11-9-2-3-9/h9-11,13H,1-8H2. The van der Waals surface area contributed by atoms with E-state index in [0.717, 1.165) is 25.0 Å². The van der Waals surface area contributed by atoms with E-state index in [1.165, 1.54) is 32.4 Å². The van der Waals surface area contributed by atoms with E-state index in [1.807, 2.05) is 0 Å². The van der Waals surface area contributed by atoms with E-state index in [9.17, 15) is 0 Å². The van der Waals surface area contributed by atoms with Gasteiger partial charge in [0, 0.05) is 31.8 Å². The second kappa shape index (κ2) is 4.40. The Balaban J connectivity index is 1.61. The highest BCUT2D eigenvalue weighted by Crippen LogP contribution is 2.21. The van der Waals surface area contributed by atoms with Crippen LogP contribution >= 0.6 is 0 Å². The molecule has 0 aromatic heterocycles. The highest BCUT2D eigenvalue weighted by atomic mass is 16.3. The van der Waals surface area contributed by atoms with E-state index in [4.69, 9.17) is 5.11 Å². The van der Waals surface area contributed by atoms with Crippen LogP contribution in [0.15, 0.2) is 0 Å². The number of likely N-dealkylation sites (tertiary alicyclic amines) is 1. The second-order valence-electron chi connectivity index (χ2n) is 4.30. The lowest BCUT2D eigenvalue weighted by molar-refractivity contribution is 0.245. The van der Waals surface area contributed by atoms with E-state index in [-0.39, 0.29) is 0 Å². The molecule has 0 amide bonds. The van der Waals surface area contributed by atoms with Gasteiger partial charge in [-0.3, -0.25) is 0 Å². The largest absolute Gasteiger partial charge is 0.396 e. The van der Waals surface area contributed by atoms with Crippen LogP contribution in [0.25, 0.3) is 0 Å². The number of aliphatic hydroxyl groups excluding tert-OH is 1. The minimum Gasteiger partial charge on any atom is -0.396 e. The van der Waals surface area contributed by atoms with Gasteiger partial charge in [-0.1, -0.05) is 0 Å². The SMILES string of the molecule is OCCCN1CCC(NC2CC2)C1. The van der Waals surface area contributed by atoms with Crippen molar-refractivity contribution in [2.45, 2.75) is 37.8 Å². The third-order valence-electron chi connectivity index (χ3n) is 2.95. The summed E-state index contributed by atoms with van der Waals surface area (Å²) in [6.45, 7) is 3.80. The molecule has 1 saturated carbocycles. The molecule has 13 heavy (non-hydrogen) atoms. The van der Waals surface area contributed by atoms with Gasteiger partial charge in [-0.05, 0) is 32.2 Å². The maximum atomic E-state index is 8.71. The smallest absolute Gasteiger partial charge is 0.0443 e. The second-order valence-corrected chi connectivity index (χ2v) is 4.30. The van der Waals surface area contributed by atoms with Crippen molar-refractivity contribution in [2.24, 2.45) is 0 Å². The Morgan fingerprint density at radius 3 is 2.77 bits per heavy atom. The van der Waals surface area contributed by atoms with Crippen LogP contribution in [0, 0.1) is 0 Å². The predicted octanol–water partition coefficient (Wildman–Crippen LogP) is 0.195. The molecule has 2 fully saturated rings. The predicted molar refractivity (Wildman–Crippen MR) is 52.7 cm³/mol. The van der Waals surface area contributed by atoms with Crippen LogP contribution in [0.3, 0.4) is 0 Å². The molecule has 2 aliphatic rings. The molecule has 1 aliphatic carbocycles. The van der Waals surface area contributed by atoms with Gasteiger partial charge in [0.2, 0.25) is 0 Å². The first-order valence-electron chi connectivity index (χ1n) is 5.48. The average Bonchev–Trinajstić information content (AvgIpc) is 2.81. The molecule has 1 heterocycles. The van der Waals surface area contributed by atoms with E-state index < -0.39 is 0 Å². The van der Waals surface area contributed by atoms with Crippen molar-refractivity contribution in [2.75, 3.05) is 26.2 Å². The zero-order valence-corrected chi connectivity index (χ0v) is 8.21. The average molecular weight is 184 g/mol. The van der Waals surface area contributed by atoms with E-state index >= 15 is 0 Å². The van der Waals surface area contributed by atoms with Crippen LogP contribution in [0.5, 0.6) is 0 Å². The van der Waals surface area contributed by atoms with Crippen molar-refractivity contribution in [1.29, 1.82) is 0 Å². The molecule has 2 rings (SSSR count). The monoisotopic (exact) mass is 184 g/mol. The Morgan fingerprint density at radius 2 is 2.08 bits per heavy atom. The van der Waals surface area contributed by atoms with Crippen molar-refractivity contribution < 1.29 is 5.11 Å². The first kappa shape index (κ1) is 9.44. The molecule has 3 nitrogen and oxygen atoms in total. The van der Waals surface area contributed by atoms with Crippen LogP contribution in [0.4, 0.5) is 0 Å². The van der Waals surface area contributed by atoms with Gasteiger partial charge in [0.15, 0.2) is 0 Å². The van der Waals surface area contributed by atoms with Crippen molar-refractivity contribution in [1.82, 2.24) is 10.2 Å². The zero-order valence-electron chi connectivity index (χ0n) is 8.21. The number of aliphatic hydroxyl groups is 1. The molecule has 1 atom stereocenters. The van der Waals surface area contributed by atoms with Crippen LogP contribution in [-0.4, -0.2) is 48.3 Å². The molecule has 0 aromatic carbocycles. The fourth-order valence-corrected chi connectivity index (χ4v) is 2.05. The summed E-state index contributed by atoms with van der Waals surface area (Å²) < 4.78 is 0. The Labute approximate surface area is 80.1 Å².